The molecule has 0 atom stereocenters. The number of hydrogen-bond donors (Lipinski definition) is 0. The Morgan fingerprint density at radius 3 is 2.41 bits per heavy atom. The standard InChI is InChI=1S/C20H22BNO5/c1-23-15-24-14-17-12-19(27-18-6-4-16(13-22)5-7-18)8-9-20(17)21-25-10-2-3-11-26-21/h4-9,12H,2-3,10-11,14-15H2,1H3. The van der Waals surface area contributed by atoms with Crippen LogP contribution in [0, 0.1) is 11.3 Å². The van der Waals surface area contributed by atoms with Crippen molar-refractivity contribution in [1.82, 2.24) is 0 Å². The van der Waals surface area contributed by atoms with Crippen molar-refractivity contribution in [3.63, 3.8) is 0 Å². The summed E-state index contributed by atoms with van der Waals surface area (Å²) in [6, 6.07) is 14.8. The number of methoxy groups -OCH3 is 1. The van der Waals surface area contributed by atoms with Gasteiger partial charge in [0.1, 0.15) is 18.3 Å². The summed E-state index contributed by atoms with van der Waals surface area (Å²) in [7, 11) is 1.18. The van der Waals surface area contributed by atoms with Crippen LogP contribution in [0.3, 0.4) is 0 Å². The second-order valence-corrected chi connectivity index (χ2v) is 6.13. The van der Waals surface area contributed by atoms with Gasteiger partial charge in [-0.05, 0) is 60.3 Å². The van der Waals surface area contributed by atoms with Crippen LogP contribution in [0.1, 0.15) is 24.0 Å². The van der Waals surface area contributed by atoms with Gasteiger partial charge in [0.25, 0.3) is 0 Å². The Bertz CT molecular complexity index is 767. The molecule has 0 saturated carbocycles. The molecule has 0 radical (unpaired) electrons. The first kappa shape index (κ1) is 19.4. The maximum atomic E-state index is 8.89. The van der Waals surface area contributed by atoms with Gasteiger partial charge in [0, 0.05) is 20.3 Å². The minimum absolute atomic E-state index is 0.201. The summed E-state index contributed by atoms with van der Waals surface area (Å²) in [4.78, 5) is 0. The van der Waals surface area contributed by atoms with Crippen LogP contribution in [-0.4, -0.2) is 34.2 Å². The van der Waals surface area contributed by atoms with Crippen LogP contribution in [0.15, 0.2) is 42.5 Å². The van der Waals surface area contributed by atoms with Crippen LogP contribution in [0.5, 0.6) is 11.5 Å². The predicted octanol–water partition coefficient (Wildman–Crippen LogP) is 2.99. The zero-order chi connectivity index (χ0) is 18.9. The van der Waals surface area contributed by atoms with E-state index < -0.39 is 7.12 Å². The molecule has 0 unspecified atom stereocenters. The van der Waals surface area contributed by atoms with E-state index in [-0.39, 0.29) is 6.79 Å². The molecule has 0 amide bonds. The number of ether oxygens (including phenoxy) is 3. The molecule has 3 rings (SSSR count). The third-order valence-corrected chi connectivity index (χ3v) is 4.12. The van der Waals surface area contributed by atoms with Crippen LogP contribution in [0.4, 0.5) is 0 Å². The second-order valence-electron chi connectivity index (χ2n) is 6.13. The van der Waals surface area contributed by atoms with Crippen LogP contribution in [-0.2, 0) is 25.4 Å². The molecule has 1 fully saturated rings. The average molecular weight is 367 g/mol. The molecule has 1 saturated heterocycles. The highest BCUT2D eigenvalue weighted by molar-refractivity contribution is 6.61. The highest BCUT2D eigenvalue weighted by Crippen LogP contribution is 2.23. The van der Waals surface area contributed by atoms with Gasteiger partial charge in [-0.1, -0.05) is 6.07 Å². The summed E-state index contributed by atoms with van der Waals surface area (Å²) in [5.41, 5.74) is 2.44. The highest BCUT2D eigenvalue weighted by Gasteiger charge is 2.26. The molecule has 0 spiro atoms. The zero-order valence-electron chi connectivity index (χ0n) is 15.3. The van der Waals surface area contributed by atoms with Gasteiger partial charge in [-0.25, -0.2) is 0 Å². The van der Waals surface area contributed by atoms with E-state index in [4.69, 9.17) is 28.8 Å². The summed E-state index contributed by atoms with van der Waals surface area (Å²) in [5, 5.41) is 8.89. The van der Waals surface area contributed by atoms with Gasteiger partial charge >= 0.3 is 7.12 Å². The van der Waals surface area contributed by atoms with Gasteiger partial charge in [0.05, 0.1) is 18.2 Å². The molecule has 0 N–H and O–H groups in total. The first-order valence-electron chi connectivity index (χ1n) is 8.91. The first-order valence-corrected chi connectivity index (χ1v) is 8.91. The molecule has 7 heteroatoms. The minimum atomic E-state index is -0.405. The SMILES string of the molecule is COCOCc1cc(Oc2ccc(C#N)cc2)ccc1B1OCCCCO1. The van der Waals surface area contributed by atoms with Crippen LogP contribution < -0.4 is 10.2 Å². The smallest absolute Gasteiger partial charge is 0.457 e. The zero-order valence-corrected chi connectivity index (χ0v) is 15.3. The molecule has 140 valence electrons. The summed E-state index contributed by atoms with van der Waals surface area (Å²) in [5.74, 6) is 1.33. The largest absolute Gasteiger partial charge is 0.494 e. The molecule has 0 aliphatic carbocycles. The molecule has 6 nitrogen and oxygen atoms in total. The van der Waals surface area contributed by atoms with E-state index >= 15 is 0 Å². The van der Waals surface area contributed by atoms with Gasteiger partial charge in [-0.3, -0.25) is 0 Å². The number of benzene rings is 2. The Hall–Kier alpha value is -2.37. The topological polar surface area (TPSA) is 69.9 Å². The Morgan fingerprint density at radius 1 is 1.04 bits per heavy atom. The maximum absolute atomic E-state index is 8.89. The number of nitriles is 1. The lowest BCUT2D eigenvalue weighted by molar-refractivity contribution is -0.0389. The number of hydrogen-bond acceptors (Lipinski definition) is 6. The summed E-state index contributed by atoms with van der Waals surface area (Å²) in [6.07, 6.45) is 1.98. The lowest BCUT2D eigenvalue weighted by Crippen LogP contribution is -2.38. The Morgan fingerprint density at radius 2 is 1.74 bits per heavy atom. The average Bonchev–Trinajstić information content (AvgIpc) is 2.98. The Balaban J connectivity index is 1.80. The van der Waals surface area contributed by atoms with Gasteiger partial charge in [-0.2, -0.15) is 5.26 Å². The van der Waals surface area contributed by atoms with E-state index in [2.05, 4.69) is 6.07 Å². The first-order chi connectivity index (χ1) is 13.3. The number of rotatable bonds is 7. The maximum Gasteiger partial charge on any atom is 0.494 e. The van der Waals surface area contributed by atoms with Crippen molar-refractivity contribution in [2.24, 2.45) is 0 Å². The third kappa shape index (κ3) is 5.55. The fourth-order valence-electron chi connectivity index (χ4n) is 2.78. The van der Waals surface area contributed by atoms with Crippen molar-refractivity contribution in [2.75, 3.05) is 27.1 Å². The van der Waals surface area contributed by atoms with Crippen molar-refractivity contribution in [1.29, 1.82) is 5.26 Å². The molecule has 0 bridgehead atoms. The van der Waals surface area contributed by atoms with E-state index in [1.807, 2.05) is 18.2 Å². The monoisotopic (exact) mass is 367 g/mol. The van der Waals surface area contributed by atoms with E-state index in [1.54, 1.807) is 31.4 Å². The second kappa shape index (κ2) is 10.1. The molecule has 0 aromatic heterocycles. The lowest BCUT2D eigenvalue weighted by Gasteiger charge is -2.17. The summed E-state index contributed by atoms with van der Waals surface area (Å²) in [6.45, 7) is 1.91. The fraction of sp³-hybridized carbons (Fsp3) is 0.350. The lowest BCUT2D eigenvalue weighted by atomic mass is 9.75. The van der Waals surface area contributed by atoms with E-state index in [9.17, 15) is 0 Å². The highest BCUT2D eigenvalue weighted by atomic mass is 16.7. The summed E-state index contributed by atoms with van der Waals surface area (Å²) >= 11 is 0. The predicted molar refractivity (Wildman–Crippen MR) is 101 cm³/mol. The van der Waals surface area contributed by atoms with Crippen molar-refractivity contribution in [3.05, 3.63) is 53.6 Å². The quantitative estimate of drug-likeness (QED) is 0.426. The van der Waals surface area contributed by atoms with Crippen molar-refractivity contribution < 1.29 is 23.5 Å². The molecular formula is C20H22BNO5. The molecule has 1 aliphatic heterocycles. The molecule has 2 aromatic rings. The molecule has 2 aromatic carbocycles. The van der Waals surface area contributed by atoms with Crippen molar-refractivity contribution in [3.8, 4) is 17.6 Å². The Kier molecular flexibility index (Phi) is 7.25. The van der Waals surface area contributed by atoms with Crippen molar-refractivity contribution in [2.45, 2.75) is 19.4 Å². The van der Waals surface area contributed by atoms with Crippen LogP contribution in [0.2, 0.25) is 0 Å². The van der Waals surface area contributed by atoms with Crippen LogP contribution >= 0.6 is 0 Å². The van der Waals surface area contributed by atoms with E-state index in [1.165, 1.54) is 0 Å². The van der Waals surface area contributed by atoms with Crippen LogP contribution in [0.25, 0.3) is 0 Å². The normalized spacial score (nSPS) is 14.4. The van der Waals surface area contributed by atoms with Gasteiger partial charge in [0.2, 0.25) is 0 Å². The minimum Gasteiger partial charge on any atom is -0.457 e. The molecule has 1 aliphatic rings. The molecular weight excluding hydrogens is 345 g/mol. The Labute approximate surface area is 159 Å². The van der Waals surface area contributed by atoms with Gasteiger partial charge in [-0.15, -0.1) is 0 Å². The van der Waals surface area contributed by atoms with E-state index in [0.717, 1.165) is 23.9 Å². The molecule has 1 heterocycles. The molecule has 27 heavy (non-hydrogen) atoms. The van der Waals surface area contributed by atoms with Gasteiger partial charge in [0.15, 0.2) is 0 Å². The van der Waals surface area contributed by atoms with E-state index in [0.29, 0.717) is 36.9 Å². The summed E-state index contributed by atoms with van der Waals surface area (Å²) < 4.78 is 28.1. The van der Waals surface area contributed by atoms with Gasteiger partial charge < -0.3 is 23.5 Å². The third-order valence-electron chi connectivity index (χ3n) is 4.12. The number of nitrogens with zero attached hydrogens (tertiary/aromatic N) is 1. The fourth-order valence-corrected chi connectivity index (χ4v) is 2.78. The van der Waals surface area contributed by atoms with Crippen molar-refractivity contribution >= 4 is 12.6 Å².